The van der Waals surface area contributed by atoms with Crippen LogP contribution in [0.25, 0.3) is 0 Å². The summed E-state index contributed by atoms with van der Waals surface area (Å²) < 4.78 is 0. The molecule has 0 aliphatic carbocycles. The number of thiocarbonyl (C=S) groups is 1. The molecule has 0 bridgehead atoms. The fourth-order valence-electron chi connectivity index (χ4n) is 1.63. The summed E-state index contributed by atoms with van der Waals surface area (Å²) in [6.07, 6.45) is 3.77. The largest absolute Gasteiger partial charge is 0.362 e. The highest BCUT2D eigenvalue weighted by molar-refractivity contribution is 7.80. The number of rotatable bonds is 4. The first-order valence-corrected chi connectivity index (χ1v) is 7.55. The Morgan fingerprint density at radius 1 is 1.05 bits per heavy atom. The highest BCUT2D eigenvalue weighted by Crippen LogP contribution is 2.19. The Kier molecular flexibility index (Phi) is 5.99. The molecule has 2 N–H and O–H groups in total. The van der Waals surface area contributed by atoms with Crippen LogP contribution < -0.4 is 10.6 Å². The van der Waals surface area contributed by atoms with Gasteiger partial charge in [0.1, 0.15) is 0 Å². The lowest BCUT2D eigenvalue weighted by atomic mass is 10.1. The van der Waals surface area contributed by atoms with Gasteiger partial charge in [0.15, 0.2) is 16.1 Å². The number of benzene rings is 1. The molecule has 0 saturated heterocycles. The topological polar surface area (TPSA) is 49.8 Å². The van der Waals surface area contributed by atoms with Gasteiger partial charge >= 0.3 is 0 Å². The number of anilines is 1. The monoisotopic (exact) mass is 360 g/mol. The zero-order chi connectivity index (χ0) is 15.2. The Hall–Kier alpha value is -1.14. The summed E-state index contributed by atoms with van der Waals surface area (Å²) in [5, 5.41) is 7.85. The zero-order valence-corrected chi connectivity index (χ0v) is 13.8. The van der Waals surface area contributed by atoms with E-state index in [2.05, 4.69) is 20.6 Å². The number of halogens is 3. The summed E-state index contributed by atoms with van der Waals surface area (Å²) in [4.78, 5) is 7.94. The van der Waals surface area contributed by atoms with Gasteiger partial charge < -0.3 is 10.6 Å². The Morgan fingerprint density at radius 2 is 1.71 bits per heavy atom. The van der Waals surface area contributed by atoms with E-state index in [0.29, 0.717) is 27.5 Å². The predicted molar refractivity (Wildman–Crippen MR) is 91.4 cm³/mol. The van der Waals surface area contributed by atoms with Crippen LogP contribution in [0, 0.1) is 0 Å². The van der Waals surface area contributed by atoms with Crippen molar-refractivity contribution in [1.29, 1.82) is 0 Å². The number of hydrogen-bond donors (Lipinski definition) is 2. The van der Waals surface area contributed by atoms with Gasteiger partial charge in [-0.05, 0) is 42.4 Å². The van der Waals surface area contributed by atoms with E-state index in [0.717, 1.165) is 12.0 Å². The van der Waals surface area contributed by atoms with Gasteiger partial charge in [0, 0.05) is 29.0 Å². The van der Waals surface area contributed by atoms with Crippen molar-refractivity contribution in [2.75, 3.05) is 11.9 Å². The van der Waals surface area contributed by atoms with Crippen molar-refractivity contribution < 1.29 is 0 Å². The van der Waals surface area contributed by atoms with Crippen LogP contribution in [0.3, 0.4) is 0 Å². The summed E-state index contributed by atoms with van der Waals surface area (Å²) in [7, 11) is 0. The van der Waals surface area contributed by atoms with Crippen molar-refractivity contribution in [3.63, 3.8) is 0 Å². The van der Waals surface area contributed by atoms with Gasteiger partial charge in [0.25, 0.3) is 0 Å². The Bertz CT molecular complexity index is 631. The molecule has 1 aromatic carbocycles. The van der Waals surface area contributed by atoms with Crippen LogP contribution in [0.5, 0.6) is 0 Å². The van der Waals surface area contributed by atoms with Gasteiger partial charge in [-0.15, -0.1) is 0 Å². The second-order valence-electron chi connectivity index (χ2n) is 4.10. The standard InChI is InChI=1S/C13H11Cl3N4S/c14-9-5-8(6-10(15)7-9)1-2-19-13(21)20-12-11(16)17-3-4-18-12/h3-7H,1-2H2,(H2,18,19,20,21). The maximum absolute atomic E-state index is 5.94. The minimum atomic E-state index is 0.267. The molecule has 0 amide bonds. The minimum Gasteiger partial charge on any atom is -0.362 e. The van der Waals surface area contributed by atoms with E-state index in [-0.39, 0.29) is 5.15 Å². The molecule has 0 atom stereocenters. The van der Waals surface area contributed by atoms with E-state index in [4.69, 9.17) is 47.0 Å². The van der Waals surface area contributed by atoms with Crippen molar-refractivity contribution in [3.05, 3.63) is 51.4 Å². The lowest BCUT2D eigenvalue weighted by molar-refractivity contribution is 0.873. The quantitative estimate of drug-likeness (QED) is 0.807. The van der Waals surface area contributed by atoms with Crippen molar-refractivity contribution >= 4 is 58.0 Å². The molecule has 0 unspecified atom stereocenters. The third kappa shape index (κ3) is 5.28. The lowest BCUT2D eigenvalue weighted by Crippen LogP contribution is -2.30. The molecule has 0 spiro atoms. The zero-order valence-electron chi connectivity index (χ0n) is 10.7. The highest BCUT2D eigenvalue weighted by Gasteiger charge is 2.04. The van der Waals surface area contributed by atoms with Crippen LogP contribution in [-0.2, 0) is 6.42 Å². The predicted octanol–water partition coefficient (Wildman–Crippen LogP) is 3.97. The van der Waals surface area contributed by atoms with Crippen LogP contribution in [0.15, 0.2) is 30.6 Å². The molecule has 2 aromatic rings. The summed E-state index contributed by atoms with van der Waals surface area (Å²) in [5.74, 6) is 0.419. The average molecular weight is 362 g/mol. The SMILES string of the molecule is S=C(NCCc1cc(Cl)cc(Cl)c1)Nc1nccnc1Cl. The molecule has 0 fully saturated rings. The summed E-state index contributed by atoms with van der Waals surface area (Å²) in [6, 6.07) is 5.43. The summed E-state index contributed by atoms with van der Waals surface area (Å²) in [5.41, 5.74) is 1.03. The molecule has 1 heterocycles. The van der Waals surface area contributed by atoms with Crippen molar-refractivity contribution in [2.24, 2.45) is 0 Å². The maximum atomic E-state index is 5.94. The first-order valence-electron chi connectivity index (χ1n) is 6.01. The Morgan fingerprint density at radius 3 is 2.38 bits per heavy atom. The molecule has 0 aliphatic heterocycles. The van der Waals surface area contributed by atoms with Crippen molar-refractivity contribution in [3.8, 4) is 0 Å². The second-order valence-corrected chi connectivity index (χ2v) is 5.74. The van der Waals surface area contributed by atoms with Crippen molar-refractivity contribution in [2.45, 2.75) is 6.42 Å². The average Bonchev–Trinajstić information content (AvgIpc) is 2.40. The third-order valence-corrected chi connectivity index (χ3v) is 3.47. The van der Waals surface area contributed by atoms with Crippen LogP contribution in [0.1, 0.15) is 5.56 Å². The van der Waals surface area contributed by atoms with E-state index in [1.54, 1.807) is 6.07 Å². The molecule has 1 aromatic heterocycles. The van der Waals surface area contributed by atoms with Gasteiger partial charge in [0.2, 0.25) is 0 Å². The number of nitrogens with zero attached hydrogens (tertiary/aromatic N) is 2. The summed E-state index contributed by atoms with van der Waals surface area (Å²) >= 11 is 22.9. The molecule has 8 heteroatoms. The fourth-order valence-corrected chi connectivity index (χ4v) is 2.55. The van der Waals surface area contributed by atoms with Gasteiger partial charge in [-0.2, -0.15) is 0 Å². The number of nitrogens with one attached hydrogen (secondary N) is 2. The normalized spacial score (nSPS) is 10.2. The van der Waals surface area contributed by atoms with Crippen LogP contribution in [0.2, 0.25) is 15.2 Å². The molecule has 0 saturated carbocycles. The summed E-state index contributed by atoms with van der Waals surface area (Å²) in [6.45, 7) is 0.625. The van der Waals surface area contributed by atoms with Crippen LogP contribution >= 0.6 is 47.0 Å². The number of aromatic nitrogens is 2. The van der Waals surface area contributed by atoms with Gasteiger partial charge in [-0.1, -0.05) is 34.8 Å². The first kappa shape index (κ1) is 16.2. The molecule has 0 radical (unpaired) electrons. The van der Waals surface area contributed by atoms with E-state index in [1.165, 1.54) is 12.4 Å². The fraction of sp³-hybridized carbons (Fsp3) is 0.154. The van der Waals surface area contributed by atoms with Gasteiger partial charge in [-0.3, -0.25) is 0 Å². The molecule has 110 valence electrons. The molecular weight excluding hydrogens is 351 g/mol. The molecule has 21 heavy (non-hydrogen) atoms. The minimum absolute atomic E-state index is 0.267. The smallest absolute Gasteiger partial charge is 0.172 e. The third-order valence-electron chi connectivity index (χ3n) is 2.51. The van der Waals surface area contributed by atoms with Crippen molar-refractivity contribution in [1.82, 2.24) is 15.3 Å². The van der Waals surface area contributed by atoms with Gasteiger partial charge in [-0.25, -0.2) is 9.97 Å². The second kappa shape index (κ2) is 7.75. The lowest BCUT2D eigenvalue weighted by Gasteiger charge is -2.10. The van der Waals surface area contributed by atoms with E-state index in [1.807, 2.05) is 12.1 Å². The number of hydrogen-bond acceptors (Lipinski definition) is 3. The maximum Gasteiger partial charge on any atom is 0.172 e. The van der Waals surface area contributed by atoms with E-state index < -0.39 is 0 Å². The Balaban J connectivity index is 1.83. The molecular formula is C13H11Cl3N4S. The molecule has 0 aliphatic rings. The van der Waals surface area contributed by atoms with Gasteiger partial charge in [0.05, 0.1) is 0 Å². The first-order chi connectivity index (χ1) is 10.0. The Labute approximate surface area is 142 Å². The van der Waals surface area contributed by atoms with E-state index >= 15 is 0 Å². The molecule has 4 nitrogen and oxygen atoms in total. The highest BCUT2D eigenvalue weighted by atomic mass is 35.5. The molecule has 2 rings (SSSR count). The van der Waals surface area contributed by atoms with Crippen LogP contribution in [-0.4, -0.2) is 21.6 Å². The van der Waals surface area contributed by atoms with Crippen LogP contribution in [0.4, 0.5) is 5.82 Å². The van der Waals surface area contributed by atoms with E-state index in [9.17, 15) is 0 Å².